The Morgan fingerprint density at radius 3 is 2.21 bits per heavy atom. The van der Waals surface area contributed by atoms with Crippen molar-refractivity contribution in [3.63, 3.8) is 0 Å². The van der Waals surface area contributed by atoms with Crippen molar-refractivity contribution in [2.45, 2.75) is 13.8 Å². The van der Waals surface area contributed by atoms with E-state index >= 15 is 0 Å². The number of benzene rings is 2. The van der Waals surface area contributed by atoms with Crippen LogP contribution in [0.25, 0.3) is 11.8 Å². The first-order valence-electron chi connectivity index (χ1n) is 9.60. The Morgan fingerprint density at radius 1 is 1.03 bits per heavy atom. The molecule has 2 aromatic carbocycles. The van der Waals surface area contributed by atoms with Crippen LogP contribution < -0.4 is 5.32 Å². The van der Waals surface area contributed by atoms with Gasteiger partial charge in [-0.25, -0.2) is 9.59 Å². The van der Waals surface area contributed by atoms with Crippen molar-refractivity contribution in [3.8, 4) is 11.8 Å². The van der Waals surface area contributed by atoms with Crippen LogP contribution in [0.1, 0.15) is 37.7 Å². The smallest absolute Gasteiger partial charge is 0.335 e. The van der Waals surface area contributed by atoms with Crippen LogP contribution in [0.2, 0.25) is 0 Å². The maximum Gasteiger partial charge on any atom is 0.335 e. The van der Waals surface area contributed by atoms with Crippen LogP contribution in [0.4, 0.5) is 5.69 Å². The Kier molecular flexibility index (Phi) is 6.80. The molecule has 0 unspecified atom stereocenters. The molecule has 3 aromatic rings. The number of carbonyl (C=O) groups is 3. The van der Waals surface area contributed by atoms with E-state index in [-0.39, 0.29) is 16.7 Å². The van der Waals surface area contributed by atoms with Crippen LogP contribution in [-0.2, 0) is 4.79 Å². The fraction of sp³-hybridized carbons (Fsp3) is 0.0833. The zero-order chi connectivity index (χ0) is 24.3. The molecule has 0 aliphatic heterocycles. The number of carboxylic acids is 2. The number of hydrogen-bond acceptors (Lipinski definition) is 4. The molecule has 0 aliphatic carbocycles. The van der Waals surface area contributed by atoms with E-state index < -0.39 is 17.8 Å². The van der Waals surface area contributed by atoms with Gasteiger partial charge in [0.1, 0.15) is 11.6 Å². The molecule has 0 fully saturated rings. The van der Waals surface area contributed by atoms with E-state index in [9.17, 15) is 29.9 Å². The highest BCUT2D eigenvalue weighted by Gasteiger charge is 2.17. The van der Waals surface area contributed by atoms with Crippen LogP contribution in [0.3, 0.4) is 0 Å². The van der Waals surface area contributed by atoms with Crippen molar-refractivity contribution in [1.82, 2.24) is 4.57 Å². The molecule has 9 heteroatoms. The molecule has 33 heavy (non-hydrogen) atoms. The van der Waals surface area contributed by atoms with Crippen molar-refractivity contribution >= 4 is 45.5 Å². The second-order valence-electron chi connectivity index (χ2n) is 7.18. The van der Waals surface area contributed by atoms with Gasteiger partial charge in [0.25, 0.3) is 5.91 Å². The zero-order valence-corrected chi connectivity index (χ0v) is 19.2. The summed E-state index contributed by atoms with van der Waals surface area (Å²) >= 11 is 3.32. The SMILES string of the molecule is Cc1cc(/C=C(/C#N)C(=O)Nc2cccc(Br)c2)c(C)n1-c1cc(C(=O)O)cc(C(=O)O)c1. The summed E-state index contributed by atoms with van der Waals surface area (Å²) in [5.41, 5.74) is 2.25. The summed E-state index contributed by atoms with van der Waals surface area (Å²) < 4.78 is 2.45. The first kappa shape index (κ1) is 23.5. The molecule has 0 atom stereocenters. The lowest BCUT2D eigenvalue weighted by molar-refractivity contribution is -0.112. The lowest BCUT2D eigenvalue weighted by Crippen LogP contribution is -2.13. The second kappa shape index (κ2) is 9.54. The van der Waals surface area contributed by atoms with Gasteiger partial charge >= 0.3 is 11.9 Å². The standard InChI is InChI=1S/C24H18BrN3O5/c1-13-6-15(7-18(12-26)22(29)27-20-5-3-4-19(25)11-20)14(2)28(13)21-9-16(23(30)31)8-17(10-21)24(32)33/h3-11H,1-2H3,(H,27,29)(H,30,31)(H,32,33)/b18-7-. The van der Waals surface area contributed by atoms with E-state index in [1.54, 1.807) is 48.7 Å². The second-order valence-corrected chi connectivity index (χ2v) is 8.09. The molecule has 1 amide bonds. The molecule has 0 saturated carbocycles. The molecule has 3 rings (SSSR count). The van der Waals surface area contributed by atoms with E-state index in [1.807, 2.05) is 6.07 Å². The monoisotopic (exact) mass is 507 g/mol. The van der Waals surface area contributed by atoms with Gasteiger partial charge in [-0.3, -0.25) is 4.79 Å². The molecule has 0 aliphatic rings. The quantitative estimate of drug-likeness (QED) is 0.324. The third kappa shape index (κ3) is 5.19. The summed E-state index contributed by atoms with van der Waals surface area (Å²) in [5.74, 6) is -3.09. The van der Waals surface area contributed by atoms with Gasteiger partial charge in [-0.1, -0.05) is 22.0 Å². The Bertz CT molecular complexity index is 1330. The maximum atomic E-state index is 12.6. The predicted octanol–water partition coefficient (Wildman–Crippen LogP) is 4.80. The summed E-state index contributed by atoms with van der Waals surface area (Å²) in [6.45, 7) is 3.49. The van der Waals surface area contributed by atoms with E-state index in [0.29, 0.717) is 28.3 Å². The largest absolute Gasteiger partial charge is 0.478 e. The predicted molar refractivity (Wildman–Crippen MR) is 126 cm³/mol. The highest BCUT2D eigenvalue weighted by Crippen LogP contribution is 2.25. The first-order valence-corrected chi connectivity index (χ1v) is 10.4. The number of hydrogen-bond donors (Lipinski definition) is 3. The van der Waals surface area contributed by atoms with Gasteiger partial charge in [0.05, 0.1) is 11.1 Å². The Morgan fingerprint density at radius 2 is 1.67 bits per heavy atom. The summed E-state index contributed by atoms with van der Waals surface area (Å²) in [7, 11) is 0. The number of anilines is 1. The lowest BCUT2D eigenvalue weighted by atomic mass is 10.1. The van der Waals surface area contributed by atoms with Crippen LogP contribution in [0.5, 0.6) is 0 Å². The van der Waals surface area contributed by atoms with Gasteiger partial charge in [0, 0.05) is 27.2 Å². The number of nitrogens with zero attached hydrogens (tertiary/aromatic N) is 2. The minimum absolute atomic E-state index is 0.124. The van der Waals surface area contributed by atoms with E-state index in [4.69, 9.17) is 0 Å². The van der Waals surface area contributed by atoms with Gasteiger partial charge in [0.15, 0.2) is 0 Å². The van der Waals surface area contributed by atoms with Crippen LogP contribution in [0, 0.1) is 25.2 Å². The van der Waals surface area contributed by atoms with Crippen LogP contribution >= 0.6 is 15.9 Å². The number of carbonyl (C=O) groups excluding carboxylic acids is 1. The van der Waals surface area contributed by atoms with Gasteiger partial charge < -0.3 is 20.1 Å². The maximum absolute atomic E-state index is 12.6. The van der Waals surface area contributed by atoms with Gasteiger partial charge in [0.2, 0.25) is 0 Å². The molecule has 166 valence electrons. The number of aromatic nitrogens is 1. The average Bonchev–Trinajstić information content (AvgIpc) is 3.04. The normalized spacial score (nSPS) is 11.0. The van der Waals surface area contributed by atoms with Gasteiger partial charge in [-0.2, -0.15) is 5.26 Å². The molecule has 3 N–H and O–H groups in total. The fourth-order valence-corrected chi connectivity index (χ4v) is 3.79. The third-order valence-electron chi connectivity index (χ3n) is 4.89. The van der Waals surface area contributed by atoms with Crippen molar-refractivity contribution < 1.29 is 24.6 Å². The number of nitrogens with one attached hydrogen (secondary N) is 1. The van der Waals surface area contributed by atoms with Gasteiger partial charge in [-0.05, 0) is 68.0 Å². The van der Waals surface area contributed by atoms with Gasteiger partial charge in [-0.15, -0.1) is 0 Å². The summed E-state index contributed by atoms with van der Waals surface area (Å²) in [5, 5.41) is 30.9. The topological polar surface area (TPSA) is 132 Å². The molecule has 0 radical (unpaired) electrons. The minimum atomic E-state index is -1.25. The summed E-state index contributed by atoms with van der Waals surface area (Å²) in [6.07, 6.45) is 1.44. The Balaban J connectivity index is 2.03. The molecule has 8 nitrogen and oxygen atoms in total. The number of aryl methyl sites for hydroxylation is 1. The van der Waals surface area contributed by atoms with Crippen molar-refractivity contribution in [2.24, 2.45) is 0 Å². The molecular weight excluding hydrogens is 490 g/mol. The number of carboxylic acid groups (broad SMARTS) is 2. The summed E-state index contributed by atoms with van der Waals surface area (Å²) in [4.78, 5) is 35.6. The molecule has 0 saturated heterocycles. The van der Waals surface area contributed by atoms with Crippen molar-refractivity contribution in [1.29, 1.82) is 5.26 Å². The van der Waals surface area contributed by atoms with E-state index in [1.165, 1.54) is 18.2 Å². The van der Waals surface area contributed by atoms with Crippen LogP contribution in [0.15, 0.2) is 58.6 Å². The third-order valence-corrected chi connectivity index (χ3v) is 5.38. The minimum Gasteiger partial charge on any atom is -0.478 e. The molecule has 1 aromatic heterocycles. The number of aromatic carboxylic acids is 2. The number of halogens is 1. The van der Waals surface area contributed by atoms with E-state index in [2.05, 4.69) is 21.2 Å². The van der Waals surface area contributed by atoms with Crippen LogP contribution in [-0.4, -0.2) is 32.6 Å². The molecule has 0 spiro atoms. The number of amides is 1. The lowest BCUT2D eigenvalue weighted by Gasteiger charge is -2.12. The zero-order valence-electron chi connectivity index (χ0n) is 17.6. The van der Waals surface area contributed by atoms with Crippen molar-refractivity contribution in [3.05, 3.63) is 86.7 Å². The average molecular weight is 508 g/mol. The Labute approximate surface area is 197 Å². The first-order chi connectivity index (χ1) is 15.6. The highest BCUT2D eigenvalue weighted by molar-refractivity contribution is 9.10. The number of rotatable bonds is 6. The fourth-order valence-electron chi connectivity index (χ4n) is 3.39. The van der Waals surface area contributed by atoms with E-state index in [0.717, 1.165) is 10.5 Å². The summed E-state index contributed by atoms with van der Waals surface area (Å²) in [6, 6.07) is 14.4. The molecular formula is C24H18BrN3O5. The van der Waals surface area contributed by atoms with Crippen molar-refractivity contribution in [2.75, 3.05) is 5.32 Å². The highest BCUT2D eigenvalue weighted by atomic mass is 79.9. The molecule has 0 bridgehead atoms. The Hall–Kier alpha value is -4.16. The molecule has 1 heterocycles. The number of nitriles is 1.